The summed E-state index contributed by atoms with van der Waals surface area (Å²) >= 11 is 0. The Morgan fingerprint density at radius 1 is 1.00 bits per heavy atom. The molecular weight excluding hydrogens is 915 g/mol. The zero-order valence-electron chi connectivity index (χ0n) is 42.9. The number of likely N-dealkylation sites (tertiary alicyclic amines) is 2. The van der Waals surface area contributed by atoms with Crippen LogP contribution in [-0.4, -0.2) is 149 Å². The Morgan fingerprint density at radius 3 is 2.56 bits per heavy atom. The number of fused-ring (bicyclic) bond motifs is 6. The number of aryl methyl sites for hydroxylation is 1. The van der Waals surface area contributed by atoms with Crippen molar-refractivity contribution >= 4 is 34.5 Å². The largest absolute Gasteiger partial charge is 0.379 e. The summed E-state index contributed by atoms with van der Waals surface area (Å²) in [6, 6.07) is 16.6. The molecule has 72 heavy (non-hydrogen) atoms. The molecule has 5 aliphatic heterocycles. The monoisotopic (exact) mass is 985 g/mol. The minimum atomic E-state index is -1.06. The maximum Gasteiger partial charge on any atom is 0.326 e. The normalized spacial score (nSPS) is 23.7. The Morgan fingerprint density at radius 2 is 1.78 bits per heavy atom. The lowest BCUT2D eigenvalue weighted by Gasteiger charge is -2.35. The van der Waals surface area contributed by atoms with E-state index in [1.807, 2.05) is 39.0 Å². The smallest absolute Gasteiger partial charge is 0.326 e. The van der Waals surface area contributed by atoms with Crippen LogP contribution in [0.5, 0.6) is 0 Å². The highest BCUT2D eigenvalue weighted by Gasteiger charge is 2.54. The van der Waals surface area contributed by atoms with Crippen LogP contribution < -0.4 is 10.7 Å². The molecule has 2 aromatic carbocycles. The lowest BCUT2D eigenvalue weighted by molar-refractivity contribution is -0.835. The van der Waals surface area contributed by atoms with Gasteiger partial charge in [-0.05, 0) is 91.0 Å². The fourth-order valence-corrected chi connectivity index (χ4v) is 11.4. The second kappa shape index (κ2) is 21.1. The lowest BCUT2D eigenvalue weighted by atomic mass is 9.84. The van der Waals surface area contributed by atoms with Gasteiger partial charge in [-0.1, -0.05) is 63.9 Å². The molecule has 4 saturated heterocycles. The molecule has 5 atom stereocenters. The third-order valence-electron chi connectivity index (χ3n) is 15.4. The number of hydrogen-bond donors (Lipinski definition) is 2. The van der Waals surface area contributed by atoms with E-state index in [9.17, 15) is 24.1 Å². The van der Waals surface area contributed by atoms with Crippen LogP contribution in [-0.2, 0) is 53.4 Å². The van der Waals surface area contributed by atoms with Crippen LogP contribution in [0.1, 0.15) is 83.2 Å². The number of pyridine rings is 1. The van der Waals surface area contributed by atoms with E-state index in [2.05, 4.69) is 89.3 Å². The number of morpholine rings is 1. The van der Waals surface area contributed by atoms with E-state index in [0.717, 1.165) is 63.2 Å². The highest BCUT2D eigenvalue weighted by atomic mass is 16.8. The summed E-state index contributed by atoms with van der Waals surface area (Å²) in [5.41, 5.74) is 9.46. The number of rotatable bonds is 8. The van der Waals surface area contributed by atoms with Gasteiger partial charge in [0.15, 0.2) is 6.61 Å². The molecule has 0 saturated carbocycles. The first kappa shape index (κ1) is 50.7. The van der Waals surface area contributed by atoms with Gasteiger partial charge in [-0.2, -0.15) is 5.43 Å². The summed E-state index contributed by atoms with van der Waals surface area (Å²) in [5.74, 6) is 4.21. The molecule has 4 amide bonds. The molecule has 7 heterocycles. The number of nitrogens with zero attached hydrogens (tertiary/aromatic N) is 7. The van der Waals surface area contributed by atoms with Crippen LogP contribution >= 0.6 is 0 Å². The molecule has 17 nitrogen and oxygen atoms in total. The molecule has 0 aliphatic carbocycles. The molecule has 0 radical (unpaired) electrons. The third kappa shape index (κ3) is 10.4. The fraction of sp³-hybridized carbons (Fsp3) is 0.545. The van der Waals surface area contributed by atoms with Gasteiger partial charge in [-0.3, -0.25) is 34.1 Å². The molecule has 6 bridgehead atoms. The second-order valence-corrected chi connectivity index (χ2v) is 21.5. The molecule has 1 unspecified atom stereocenters. The Balaban J connectivity index is 1.01. The predicted molar refractivity (Wildman–Crippen MR) is 271 cm³/mol. The zero-order chi connectivity index (χ0) is 50.9. The number of hydrazine groups is 1. The number of carbonyl (C=O) groups excluding carboxylic acids is 4. The van der Waals surface area contributed by atoms with Gasteiger partial charge in [-0.25, -0.2) is 4.84 Å². The average molecular weight is 985 g/mol. The van der Waals surface area contributed by atoms with Crippen LogP contribution in [0.25, 0.3) is 33.3 Å². The number of hydrogen-bond acceptors (Lipinski definition) is 11. The third-order valence-corrected chi connectivity index (χ3v) is 15.4. The molecule has 4 aromatic rings. The second-order valence-electron chi connectivity index (χ2n) is 21.5. The van der Waals surface area contributed by atoms with Crippen molar-refractivity contribution in [3.63, 3.8) is 0 Å². The number of nitrogens with one attached hydrogen (secondary N) is 2. The summed E-state index contributed by atoms with van der Waals surface area (Å²) in [6.45, 7) is 14.7. The van der Waals surface area contributed by atoms with Crippen molar-refractivity contribution in [3.05, 3.63) is 82.5 Å². The summed E-state index contributed by atoms with van der Waals surface area (Å²) in [7, 11) is 3.75. The fourth-order valence-electron chi connectivity index (χ4n) is 11.4. The zero-order valence-corrected chi connectivity index (χ0v) is 42.9. The first-order chi connectivity index (χ1) is 34.6. The Hall–Kier alpha value is -6.19. The van der Waals surface area contributed by atoms with Gasteiger partial charge in [0.25, 0.3) is 11.8 Å². The standard InChI is InChI=1S/C55H69N9O8/c1-36(2)49(62-25-20-55(53(62)68)19-24-61(34-55)47(65)16-11-22-60-26-28-71-29-27-60)51(66)57-44-31-38-12-8-13-39(30-38)40-17-18-45-42(32-40)43(50(59(45)6)41-14-9-21-56-48(41)37(3)70-7)33-54(4,5)35-72-64(69)46-15-10-23-63(58-46)52(44)67/h8-9,12-14,17-18,21,30,32,36-37,44,46,49,58H,10,15,19-20,22-29,31,33-35H2,1-7H3/p+1/t37-,44-,46+,49-,55?/m0/s1. The molecule has 382 valence electrons. The number of carbonyl (C=O) groups is 4. The predicted octanol–water partition coefficient (Wildman–Crippen LogP) is 5.20. The maximum atomic E-state index is 14.9. The van der Waals surface area contributed by atoms with E-state index < -0.39 is 40.9 Å². The molecule has 17 heteroatoms. The average Bonchev–Trinajstić information content (AvgIpc) is 4.04. The van der Waals surface area contributed by atoms with Crippen molar-refractivity contribution in [2.75, 3.05) is 72.7 Å². The molecular formula is C55H70N9O8+. The number of benzene rings is 2. The SMILES string of the molecule is CO[C@@H](C)c1ncccc1-c1c2c3cc(ccc3n1C)-c1cccc(c1)C[C@H](NC(=O)[C@H](C(C)C)N1CCC3(CCN(C(=O)C#CCN4CCOCC4)C3)C1=O)C(=O)N1CCC[C@H](N1)[N+](=O)OCC(C)(C)C2. The summed E-state index contributed by atoms with van der Waals surface area (Å²) < 4.78 is 13.4. The van der Waals surface area contributed by atoms with Crippen molar-refractivity contribution in [1.29, 1.82) is 0 Å². The van der Waals surface area contributed by atoms with E-state index in [0.29, 0.717) is 76.4 Å². The van der Waals surface area contributed by atoms with Crippen molar-refractivity contribution in [2.24, 2.45) is 23.8 Å². The van der Waals surface area contributed by atoms with Gasteiger partial charge in [0.1, 0.15) is 12.1 Å². The number of ether oxygens (including phenoxy) is 2. The number of amides is 4. The van der Waals surface area contributed by atoms with Crippen molar-refractivity contribution in [2.45, 2.75) is 97.5 Å². The Kier molecular flexibility index (Phi) is 14.9. The molecule has 1 spiro atoms. The van der Waals surface area contributed by atoms with Gasteiger partial charge in [0.05, 0.1) is 47.6 Å². The minimum absolute atomic E-state index is 0.0954. The van der Waals surface area contributed by atoms with E-state index in [1.165, 1.54) is 5.01 Å². The van der Waals surface area contributed by atoms with E-state index >= 15 is 0 Å². The topological polar surface area (TPSA) is 171 Å². The van der Waals surface area contributed by atoms with Crippen LogP contribution in [0.15, 0.2) is 60.8 Å². The van der Waals surface area contributed by atoms with Crippen LogP contribution in [0, 0.1) is 33.5 Å². The summed E-state index contributed by atoms with van der Waals surface area (Å²) in [4.78, 5) is 88.3. The van der Waals surface area contributed by atoms with E-state index in [4.69, 9.17) is 19.3 Å². The van der Waals surface area contributed by atoms with Crippen LogP contribution in [0.4, 0.5) is 0 Å². The van der Waals surface area contributed by atoms with Gasteiger partial charge in [0, 0.05) is 94.3 Å². The number of methoxy groups -OCH3 is 1. The first-order valence-corrected chi connectivity index (χ1v) is 25.6. The minimum Gasteiger partial charge on any atom is -0.379 e. The van der Waals surface area contributed by atoms with E-state index in [-0.39, 0.29) is 43.4 Å². The highest BCUT2D eigenvalue weighted by Crippen LogP contribution is 2.43. The molecule has 9 rings (SSSR count). The van der Waals surface area contributed by atoms with Gasteiger partial charge in [-0.15, -0.1) is 0 Å². The maximum absolute atomic E-state index is 14.9. The summed E-state index contributed by atoms with van der Waals surface area (Å²) in [5, 5.41) is 5.61. The van der Waals surface area contributed by atoms with Crippen molar-refractivity contribution < 1.29 is 38.4 Å². The van der Waals surface area contributed by atoms with Crippen LogP contribution in [0.2, 0.25) is 0 Å². The van der Waals surface area contributed by atoms with Crippen molar-refractivity contribution in [3.8, 4) is 34.2 Å². The van der Waals surface area contributed by atoms with Gasteiger partial charge in [0.2, 0.25) is 16.7 Å². The Labute approximate surface area is 422 Å². The lowest BCUT2D eigenvalue weighted by Crippen LogP contribution is -2.62. The Bertz CT molecular complexity index is 2790. The molecule has 2 aromatic heterocycles. The van der Waals surface area contributed by atoms with E-state index in [1.54, 1.807) is 23.1 Å². The number of aromatic nitrogens is 2. The summed E-state index contributed by atoms with van der Waals surface area (Å²) in [6.07, 6.45) is 3.32. The highest BCUT2D eigenvalue weighted by molar-refractivity contribution is 5.98. The molecule has 4 fully saturated rings. The first-order valence-electron chi connectivity index (χ1n) is 25.6. The van der Waals surface area contributed by atoms with Crippen molar-refractivity contribution in [1.82, 2.24) is 40.0 Å². The molecule has 2 N–H and O–H groups in total. The molecule has 5 aliphatic rings. The van der Waals surface area contributed by atoms with Gasteiger partial charge >= 0.3 is 6.17 Å². The quantitative estimate of drug-likeness (QED) is 0.223. The van der Waals surface area contributed by atoms with Crippen LogP contribution in [0.3, 0.4) is 0 Å². The van der Waals surface area contributed by atoms with Gasteiger partial charge < -0.3 is 29.2 Å².